The third kappa shape index (κ3) is 7.55. The number of imide groups is 2. The summed E-state index contributed by atoms with van der Waals surface area (Å²) < 4.78 is 1.00. The highest BCUT2D eigenvalue weighted by Gasteiger charge is 2.44. The van der Waals surface area contributed by atoms with E-state index in [1.54, 1.807) is 24.3 Å². The van der Waals surface area contributed by atoms with Crippen LogP contribution < -0.4 is 26.6 Å². The van der Waals surface area contributed by atoms with Crippen LogP contribution in [0.1, 0.15) is 79.1 Å². The number of hydrogen-bond donors (Lipinski definition) is 5. The average molecular weight is 744 g/mol. The molecule has 1 unspecified atom stereocenters. The molecule has 1 fully saturated rings. The lowest BCUT2D eigenvalue weighted by molar-refractivity contribution is -0.136. The molecule has 4 heterocycles. The fourth-order valence-corrected chi connectivity index (χ4v) is 7.45. The number of aryl methyl sites for hydroxylation is 1. The molecular formula is C40H37N7O6S. The standard InChI is InChI=1S/C40H37N7O6S/c1-23-9-3-5-11-30(23)44-35-31(45-37(50)29-22-54-33-12-6-4-10-26(29)33)19-24(21-43-35)36(49)42-18-8-2-7-17-41-25-13-14-27-28(20-25)40(53)47(39(27)52)32-15-16-34(48)46-38(32)51/h3-6,9-14,19-22,32,41H,2,7-8,15-18H2,1H3,(H,42,49)(H,43,44)(H,45,50)(H,46,48,51). The number of benzene rings is 3. The van der Waals surface area contributed by atoms with Gasteiger partial charge in [0.1, 0.15) is 6.04 Å². The number of para-hydroxylation sites is 1. The number of pyridine rings is 1. The zero-order chi connectivity index (χ0) is 37.8. The van der Waals surface area contributed by atoms with Gasteiger partial charge in [0.2, 0.25) is 11.8 Å². The molecule has 14 heteroatoms. The van der Waals surface area contributed by atoms with Crippen LogP contribution in [-0.4, -0.2) is 64.5 Å². The molecule has 2 aromatic heterocycles. The number of carbonyl (C=O) groups excluding carboxylic acids is 6. The van der Waals surface area contributed by atoms with Gasteiger partial charge in [-0.1, -0.05) is 36.4 Å². The first-order valence-corrected chi connectivity index (χ1v) is 18.5. The molecule has 2 aliphatic heterocycles. The zero-order valence-corrected chi connectivity index (χ0v) is 30.2. The summed E-state index contributed by atoms with van der Waals surface area (Å²) in [5.74, 6) is -2.37. The van der Waals surface area contributed by atoms with Crippen molar-refractivity contribution in [1.29, 1.82) is 0 Å². The van der Waals surface area contributed by atoms with Gasteiger partial charge in [-0.05, 0) is 74.6 Å². The Labute approximate surface area is 314 Å². The maximum Gasteiger partial charge on any atom is 0.262 e. The number of thiophene rings is 1. The Hall–Kier alpha value is -6.41. The lowest BCUT2D eigenvalue weighted by Gasteiger charge is -2.27. The fourth-order valence-electron chi connectivity index (χ4n) is 6.51. The molecule has 0 aliphatic carbocycles. The largest absolute Gasteiger partial charge is 0.385 e. The predicted octanol–water partition coefficient (Wildman–Crippen LogP) is 6.01. The minimum Gasteiger partial charge on any atom is -0.385 e. The molecule has 274 valence electrons. The van der Waals surface area contributed by atoms with Crippen LogP contribution in [0.15, 0.2) is 84.4 Å². The molecule has 0 bridgehead atoms. The number of unbranched alkanes of at least 4 members (excludes halogenated alkanes) is 2. The van der Waals surface area contributed by atoms with E-state index in [9.17, 15) is 28.8 Å². The van der Waals surface area contributed by atoms with Crippen LogP contribution in [0.25, 0.3) is 10.1 Å². The first-order valence-electron chi connectivity index (χ1n) is 17.7. The summed E-state index contributed by atoms with van der Waals surface area (Å²) >= 11 is 1.49. The van der Waals surface area contributed by atoms with E-state index in [0.29, 0.717) is 47.8 Å². The van der Waals surface area contributed by atoms with Crippen molar-refractivity contribution in [2.45, 2.75) is 45.1 Å². The van der Waals surface area contributed by atoms with Crippen molar-refractivity contribution < 1.29 is 28.8 Å². The van der Waals surface area contributed by atoms with Gasteiger partial charge in [0.15, 0.2) is 5.82 Å². The van der Waals surface area contributed by atoms with Crippen LogP contribution in [0, 0.1) is 6.92 Å². The van der Waals surface area contributed by atoms with Crippen molar-refractivity contribution in [2.75, 3.05) is 29.0 Å². The van der Waals surface area contributed by atoms with Crippen molar-refractivity contribution >= 4 is 79.7 Å². The van der Waals surface area contributed by atoms with Gasteiger partial charge < -0.3 is 21.3 Å². The SMILES string of the molecule is Cc1ccccc1Nc1ncc(C(=O)NCCCCCNc2ccc3c(c2)C(=O)N(C2CCC(=O)NC2=O)C3=O)cc1NC(=O)c1csc2ccccc12. The Bertz CT molecular complexity index is 2320. The number of rotatable bonds is 13. The highest BCUT2D eigenvalue weighted by atomic mass is 32.1. The molecule has 13 nitrogen and oxygen atoms in total. The van der Waals surface area contributed by atoms with Crippen molar-refractivity contribution in [3.8, 4) is 0 Å². The molecule has 1 saturated heterocycles. The van der Waals surface area contributed by atoms with Crippen molar-refractivity contribution in [3.63, 3.8) is 0 Å². The number of piperidine rings is 1. The Morgan fingerprint density at radius 3 is 2.48 bits per heavy atom. The summed E-state index contributed by atoms with van der Waals surface area (Å²) in [6.45, 7) is 2.98. The van der Waals surface area contributed by atoms with Crippen molar-refractivity contribution in [2.24, 2.45) is 0 Å². The lowest BCUT2D eigenvalue weighted by atomic mass is 10.0. The summed E-state index contributed by atoms with van der Waals surface area (Å²) in [6, 6.07) is 20.9. The second kappa shape index (κ2) is 15.7. The van der Waals surface area contributed by atoms with Gasteiger partial charge in [-0.3, -0.25) is 39.0 Å². The number of aromatic nitrogens is 1. The number of hydrogen-bond acceptors (Lipinski definition) is 10. The van der Waals surface area contributed by atoms with Crippen molar-refractivity contribution in [3.05, 3.63) is 112 Å². The Kier molecular flexibility index (Phi) is 10.4. The molecule has 0 radical (unpaired) electrons. The predicted molar refractivity (Wildman–Crippen MR) is 206 cm³/mol. The van der Waals surface area contributed by atoms with Crippen LogP contribution in [0.2, 0.25) is 0 Å². The molecule has 5 aromatic rings. The van der Waals surface area contributed by atoms with E-state index in [4.69, 9.17) is 0 Å². The smallest absolute Gasteiger partial charge is 0.262 e. The van der Waals surface area contributed by atoms with E-state index in [0.717, 1.165) is 39.1 Å². The molecule has 1 atom stereocenters. The van der Waals surface area contributed by atoms with Crippen LogP contribution >= 0.6 is 11.3 Å². The molecule has 0 saturated carbocycles. The highest BCUT2D eigenvalue weighted by Crippen LogP contribution is 2.31. The fraction of sp³-hybridized carbons (Fsp3) is 0.225. The molecule has 6 amide bonds. The van der Waals surface area contributed by atoms with Gasteiger partial charge >= 0.3 is 0 Å². The van der Waals surface area contributed by atoms with Gasteiger partial charge in [-0.2, -0.15) is 0 Å². The topological polar surface area (TPSA) is 179 Å². The average Bonchev–Trinajstić information content (AvgIpc) is 3.71. The number of anilines is 4. The Morgan fingerprint density at radius 2 is 1.65 bits per heavy atom. The number of fused-ring (bicyclic) bond motifs is 2. The summed E-state index contributed by atoms with van der Waals surface area (Å²) in [7, 11) is 0. The van der Waals surface area contributed by atoms with Crippen molar-refractivity contribution in [1.82, 2.24) is 20.5 Å². The molecular weight excluding hydrogens is 707 g/mol. The first-order chi connectivity index (χ1) is 26.2. The first kappa shape index (κ1) is 36.0. The molecule has 5 N–H and O–H groups in total. The molecule has 54 heavy (non-hydrogen) atoms. The number of nitrogens with zero attached hydrogens (tertiary/aromatic N) is 2. The van der Waals surface area contributed by atoms with Gasteiger partial charge in [0.05, 0.1) is 27.9 Å². The van der Waals surface area contributed by atoms with Crippen LogP contribution in [0.5, 0.6) is 0 Å². The maximum absolute atomic E-state index is 13.5. The van der Waals surface area contributed by atoms with Gasteiger partial charge in [0, 0.05) is 52.5 Å². The second-order valence-corrected chi connectivity index (χ2v) is 14.0. The molecule has 3 aromatic carbocycles. The quantitative estimate of drug-likeness (QED) is 0.0713. The minimum absolute atomic E-state index is 0.0616. The normalized spacial score (nSPS) is 15.2. The number of nitrogens with one attached hydrogen (secondary N) is 5. The Balaban J connectivity index is 0.918. The highest BCUT2D eigenvalue weighted by molar-refractivity contribution is 7.17. The van der Waals surface area contributed by atoms with Gasteiger partial charge in [-0.25, -0.2) is 4.98 Å². The van der Waals surface area contributed by atoms with E-state index in [1.165, 1.54) is 17.5 Å². The van der Waals surface area contributed by atoms with E-state index >= 15 is 0 Å². The van der Waals surface area contributed by atoms with E-state index < -0.39 is 29.7 Å². The van der Waals surface area contributed by atoms with Gasteiger partial charge in [-0.15, -0.1) is 11.3 Å². The molecule has 2 aliphatic rings. The van der Waals surface area contributed by atoms with Crippen LogP contribution in [0.4, 0.5) is 22.9 Å². The second-order valence-electron chi connectivity index (χ2n) is 13.1. The molecule has 0 spiro atoms. The van der Waals surface area contributed by atoms with E-state index in [2.05, 4.69) is 31.6 Å². The lowest BCUT2D eigenvalue weighted by Crippen LogP contribution is -2.54. The Morgan fingerprint density at radius 1 is 0.870 bits per heavy atom. The summed E-state index contributed by atoms with van der Waals surface area (Å²) in [5.41, 5.74) is 4.14. The number of carbonyl (C=O) groups is 6. The van der Waals surface area contributed by atoms with E-state index in [1.807, 2.05) is 60.8 Å². The maximum atomic E-state index is 13.5. The third-order valence-electron chi connectivity index (χ3n) is 9.43. The van der Waals surface area contributed by atoms with Gasteiger partial charge in [0.25, 0.3) is 23.6 Å². The van der Waals surface area contributed by atoms with Crippen LogP contribution in [0.3, 0.4) is 0 Å². The summed E-state index contributed by atoms with van der Waals surface area (Å²) in [6.07, 6.45) is 3.92. The molecule has 7 rings (SSSR count). The monoisotopic (exact) mass is 743 g/mol. The summed E-state index contributed by atoms with van der Waals surface area (Å²) in [5, 5.41) is 17.3. The zero-order valence-electron chi connectivity index (χ0n) is 29.4. The summed E-state index contributed by atoms with van der Waals surface area (Å²) in [4.78, 5) is 82.1. The van der Waals surface area contributed by atoms with E-state index in [-0.39, 0.29) is 35.8 Å². The van der Waals surface area contributed by atoms with Crippen LogP contribution in [-0.2, 0) is 9.59 Å². The third-order valence-corrected chi connectivity index (χ3v) is 10.4. The minimum atomic E-state index is -1.01. The number of amides is 6.